The average molecular weight is 446 g/mol. The largest absolute Gasteiger partial charge is 0.495 e. The molecule has 1 aromatic heterocycles. The number of halogens is 1. The molecule has 1 atom stereocenters. The third-order valence-corrected chi connectivity index (χ3v) is 6.00. The molecular weight excluding hydrogens is 420 g/mol. The topological polar surface area (TPSA) is 44.1 Å². The zero-order chi connectivity index (χ0) is 22.8. The van der Waals surface area contributed by atoms with E-state index in [1.807, 2.05) is 54.3 Å². The molecule has 0 bridgehead atoms. The number of fused-ring (bicyclic) bond motifs is 1. The van der Waals surface area contributed by atoms with E-state index in [-0.39, 0.29) is 6.04 Å². The average Bonchev–Trinajstić information content (AvgIpc) is 3.21. The van der Waals surface area contributed by atoms with E-state index in [1.165, 1.54) is 0 Å². The van der Waals surface area contributed by atoms with E-state index < -0.39 is 0 Å². The van der Waals surface area contributed by atoms with Gasteiger partial charge >= 0.3 is 0 Å². The Kier molecular flexibility index (Phi) is 6.33. The van der Waals surface area contributed by atoms with Crippen molar-refractivity contribution < 1.29 is 9.53 Å². The van der Waals surface area contributed by atoms with Gasteiger partial charge in [-0.1, -0.05) is 55.8 Å². The van der Waals surface area contributed by atoms with E-state index in [2.05, 4.69) is 26.1 Å². The second kappa shape index (κ2) is 9.17. The van der Waals surface area contributed by atoms with E-state index >= 15 is 0 Å². The Morgan fingerprint density at radius 3 is 2.41 bits per heavy atom. The number of ether oxygens (including phenoxy) is 1. The summed E-state index contributed by atoms with van der Waals surface area (Å²) >= 11 is 6.16. The van der Waals surface area contributed by atoms with Crippen LogP contribution in [0.5, 0.6) is 5.75 Å². The molecule has 0 aliphatic heterocycles. The monoisotopic (exact) mass is 445 g/mol. The van der Waals surface area contributed by atoms with Crippen molar-refractivity contribution in [3.05, 3.63) is 82.5 Å². The molecule has 0 fully saturated rings. The third kappa shape index (κ3) is 4.28. The molecule has 4 rings (SSSR count). The smallest absolute Gasteiger partial charge is 0.233 e. The van der Waals surface area contributed by atoms with Crippen molar-refractivity contribution in [2.45, 2.75) is 33.2 Å². The maximum Gasteiger partial charge on any atom is 0.233 e. The molecule has 0 N–H and O–H groups in total. The predicted molar refractivity (Wildman–Crippen MR) is 130 cm³/mol. The highest BCUT2D eigenvalue weighted by atomic mass is 35.5. The number of rotatable bonds is 7. The van der Waals surface area contributed by atoms with Gasteiger partial charge in [-0.25, -0.2) is 0 Å². The molecule has 4 aromatic rings. The number of nitrogens with zero attached hydrogens (tertiary/aromatic N) is 2. The fourth-order valence-electron chi connectivity index (χ4n) is 4.22. The molecule has 1 radical (unpaired) electrons. The number of hydrogen-bond donors (Lipinski definition) is 0. The van der Waals surface area contributed by atoms with Gasteiger partial charge in [0.05, 0.1) is 24.1 Å². The molecular formula is C27H26ClN2O2. The number of methoxy groups -OCH3 is 1. The molecule has 163 valence electrons. The maximum absolute atomic E-state index is 11.0. The van der Waals surface area contributed by atoms with Gasteiger partial charge in [0.25, 0.3) is 0 Å². The Balaban J connectivity index is 1.84. The Morgan fingerprint density at radius 1 is 1.06 bits per heavy atom. The van der Waals surface area contributed by atoms with Crippen molar-refractivity contribution >= 4 is 28.8 Å². The molecule has 1 unspecified atom stereocenters. The Morgan fingerprint density at radius 2 is 1.78 bits per heavy atom. The summed E-state index contributed by atoms with van der Waals surface area (Å²) in [6, 6.07) is 17.6. The summed E-state index contributed by atoms with van der Waals surface area (Å²) in [4.78, 5) is 11.0. The molecule has 0 spiro atoms. The SMILES string of the molecule is COc1c(-c2ccc(Cl)cc2C)ccc2nn(C(CC(C)C)c3ccc([C]=O)cc3)cc12. The molecule has 32 heavy (non-hydrogen) atoms. The highest BCUT2D eigenvalue weighted by Crippen LogP contribution is 2.39. The quantitative estimate of drug-likeness (QED) is 0.315. The first-order valence-electron chi connectivity index (χ1n) is 10.7. The molecule has 0 aliphatic carbocycles. The lowest BCUT2D eigenvalue weighted by Gasteiger charge is -2.20. The normalized spacial score (nSPS) is 12.3. The van der Waals surface area contributed by atoms with Crippen LogP contribution in [-0.4, -0.2) is 23.2 Å². The van der Waals surface area contributed by atoms with Crippen molar-refractivity contribution in [3.63, 3.8) is 0 Å². The summed E-state index contributed by atoms with van der Waals surface area (Å²) in [6.07, 6.45) is 4.93. The van der Waals surface area contributed by atoms with Gasteiger partial charge in [-0.15, -0.1) is 0 Å². The van der Waals surface area contributed by atoms with Crippen LogP contribution < -0.4 is 4.74 Å². The van der Waals surface area contributed by atoms with Crippen LogP contribution in [0.1, 0.15) is 43.0 Å². The number of carbonyl (C=O) groups excluding carboxylic acids is 1. The first-order valence-corrected chi connectivity index (χ1v) is 11.1. The van der Waals surface area contributed by atoms with Gasteiger partial charge in [0, 0.05) is 22.3 Å². The van der Waals surface area contributed by atoms with Crippen LogP contribution in [0.2, 0.25) is 5.02 Å². The van der Waals surface area contributed by atoms with E-state index in [1.54, 1.807) is 19.2 Å². The summed E-state index contributed by atoms with van der Waals surface area (Å²) in [5, 5.41) is 6.58. The van der Waals surface area contributed by atoms with Crippen LogP contribution in [0.4, 0.5) is 0 Å². The van der Waals surface area contributed by atoms with Gasteiger partial charge in [0.1, 0.15) is 5.75 Å². The highest BCUT2D eigenvalue weighted by molar-refractivity contribution is 6.30. The minimum absolute atomic E-state index is 0.0496. The van der Waals surface area contributed by atoms with Gasteiger partial charge < -0.3 is 4.74 Å². The molecule has 0 aliphatic rings. The zero-order valence-corrected chi connectivity index (χ0v) is 19.5. The maximum atomic E-state index is 11.0. The Bertz CT molecular complexity index is 1260. The van der Waals surface area contributed by atoms with Crippen LogP contribution in [0.3, 0.4) is 0 Å². The molecule has 5 heteroatoms. The summed E-state index contributed by atoms with van der Waals surface area (Å²) in [5.74, 6) is 1.27. The van der Waals surface area contributed by atoms with Crippen LogP contribution >= 0.6 is 11.6 Å². The van der Waals surface area contributed by atoms with Crippen LogP contribution in [0.25, 0.3) is 22.0 Å². The summed E-state index contributed by atoms with van der Waals surface area (Å²) in [5.41, 5.74) is 5.72. The fourth-order valence-corrected chi connectivity index (χ4v) is 4.45. The van der Waals surface area contributed by atoms with Gasteiger partial charge in [0.15, 0.2) is 0 Å². The van der Waals surface area contributed by atoms with Gasteiger partial charge in [-0.05, 0) is 60.2 Å². The minimum atomic E-state index is 0.0496. The lowest BCUT2D eigenvalue weighted by atomic mass is 9.96. The molecule has 0 saturated carbocycles. The predicted octanol–water partition coefficient (Wildman–Crippen LogP) is 6.77. The fraction of sp³-hybridized carbons (Fsp3) is 0.259. The Labute approximate surface area is 193 Å². The van der Waals surface area contributed by atoms with Crippen LogP contribution in [-0.2, 0) is 4.79 Å². The first-order chi connectivity index (χ1) is 15.4. The molecule has 4 nitrogen and oxygen atoms in total. The van der Waals surface area contributed by atoms with Gasteiger partial charge in [-0.2, -0.15) is 5.10 Å². The number of aromatic nitrogens is 2. The number of hydrogen-bond acceptors (Lipinski definition) is 3. The second-order valence-electron chi connectivity index (χ2n) is 8.52. The number of benzene rings is 3. The standard InChI is InChI=1S/C27H26ClN2O2/c1-17(2)13-26(20-7-5-19(16-31)6-8-20)30-15-24-25(29-30)12-11-23(27(24)32-4)22-10-9-21(28)14-18(22)3/h5-12,14-15,17,26H,13H2,1-4H3. The van der Waals surface area contributed by atoms with E-state index in [4.69, 9.17) is 21.4 Å². The lowest BCUT2D eigenvalue weighted by Crippen LogP contribution is -2.14. The molecule has 0 amide bonds. The minimum Gasteiger partial charge on any atom is -0.495 e. The second-order valence-corrected chi connectivity index (χ2v) is 8.95. The van der Waals surface area contributed by atoms with Crippen LogP contribution in [0, 0.1) is 12.8 Å². The Hall–Kier alpha value is -3.11. The lowest BCUT2D eigenvalue weighted by molar-refractivity contribution is 0.419. The van der Waals surface area contributed by atoms with E-state index in [0.717, 1.165) is 45.3 Å². The molecule has 1 heterocycles. The summed E-state index contributed by atoms with van der Waals surface area (Å²) < 4.78 is 7.90. The molecule has 0 saturated heterocycles. The zero-order valence-electron chi connectivity index (χ0n) is 18.7. The van der Waals surface area contributed by atoms with Crippen LogP contribution in [0.15, 0.2) is 60.8 Å². The first kappa shape index (κ1) is 22.1. The van der Waals surface area contributed by atoms with E-state index in [9.17, 15) is 4.79 Å². The summed E-state index contributed by atoms with van der Waals surface area (Å²) in [7, 11) is 1.70. The van der Waals surface area contributed by atoms with Crippen molar-refractivity contribution in [1.29, 1.82) is 0 Å². The number of aryl methyl sites for hydroxylation is 1. The van der Waals surface area contributed by atoms with Crippen molar-refractivity contribution in [2.24, 2.45) is 5.92 Å². The molecule has 3 aromatic carbocycles. The van der Waals surface area contributed by atoms with Crippen molar-refractivity contribution in [3.8, 4) is 16.9 Å². The van der Waals surface area contributed by atoms with E-state index in [0.29, 0.717) is 16.5 Å². The van der Waals surface area contributed by atoms with Crippen molar-refractivity contribution in [2.75, 3.05) is 7.11 Å². The summed E-state index contributed by atoms with van der Waals surface area (Å²) in [6.45, 7) is 6.45. The third-order valence-electron chi connectivity index (χ3n) is 5.77. The van der Waals surface area contributed by atoms with Gasteiger partial charge in [-0.3, -0.25) is 9.48 Å². The highest BCUT2D eigenvalue weighted by Gasteiger charge is 2.20. The van der Waals surface area contributed by atoms with Crippen molar-refractivity contribution in [1.82, 2.24) is 9.78 Å². The van der Waals surface area contributed by atoms with Gasteiger partial charge in [0.2, 0.25) is 6.29 Å².